The number of rotatable bonds is 7. The van der Waals surface area contributed by atoms with Gasteiger partial charge in [-0.05, 0) is 35.0 Å². The molecule has 2 unspecified atom stereocenters. The minimum absolute atomic E-state index is 0.00331. The van der Waals surface area contributed by atoms with Crippen LogP contribution in [0.15, 0.2) is 78.2 Å². The molecule has 1 aliphatic rings. The van der Waals surface area contributed by atoms with E-state index < -0.39 is 33.6 Å². The number of fused-ring (bicyclic) bond motifs is 1. The van der Waals surface area contributed by atoms with E-state index >= 15 is 0 Å². The highest BCUT2D eigenvalue weighted by Crippen LogP contribution is 2.38. The maximum atomic E-state index is 14.7. The van der Waals surface area contributed by atoms with Crippen LogP contribution in [0.3, 0.4) is 0 Å². The van der Waals surface area contributed by atoms with Crippen LogP contribution in [-0.4, -0.2) is 42.5 Å². The highest BCUT2D eigenvalue weighted by atomic mass is 32.2. The minimum atomic E-state index is -4.09. The van der Waals surface area contributed by atoms with E-state index in [-0.39, 0.29) is 30.2 Å². The number of aromatic nitrogens is 3. The van der Waals surface area contributed by atoms with Gasteiger partial charge in [0.25, 0.3) is 10.1 Å². The van der Waals surface area contributed by atoms with Gasteiger partial charge in [0.05, 0.1) is 18.1 Å². The zero-order valence-corrected chi connectivity index (χ0v) is 18.5. The first-order valence-electron chi connectivity index (χ1n) is 10.3. The van der Waals surface area contributed by atoms with Gasteiger partial charge in [0, 0.05) is 11.6 Å². The molecule has 176 valence electrons. The number of halogens is 2. The summed E-state index contributed by atoms with van der Waals surface area (Å²) < 4.78 is 72.1. The molecule has 1 aromatic heterocycles. The molecule has 34 heavy (non-hydrogen) atoms. The smallest absolute Gasteiger partial charge is 0.297 e. The topological polar surface area (TPSA) is 92.5 Å². The van der Waals surface area contributed by atoms with Crippen LogP contribution in [0.25, 0.3) is 10.8 Å². The number of nitrogens with zero attached hydrogens (tertiary/aromatic N) is 3. The van der Waals surface area contributed by atoms with E-state index in [1.807, 2.05) is 18.2 Å². The highest BCUT2D eigenvalue weighted by Gasteiger charge is 2.46. The summed E-state index contributed by atoms with van der Waals surface area (Å²) >= 11 is 0. The fourth-order valence-electron chi connectivity index (χ4n) is 3.84. The summed E-state index contributed by atoms with van der Waals surface area (Å²) in [7, 11) is -4.09. The largest absolute Gasteiger partial charge is 0.341 e. The molecule has 3 aromatic carbocycles. The van der Waals surface area contributed by atoms with Crippen molar-refractivity contribution < 1.29 is 30.9 Å². The van der Waals surface area contributed by atoms with Gasteiger partial charge in [0.1, 0.15) is 36.9 Å². The van der Waals surface area contributed by atoms with Crippen LogP contribution in [-0.2, 0) is 36.1 Å². The van der Waals surface area contributed by atoms with E-state index in [9.17, 15) is 17.2 Å². The van der Waals surface area contributed by atoms with Gasteiger partial charge in [0.2, 0.25) is 5.79 Å². The minimum Gasteiger partial charge on any atom is -0.341 e. The fourth-order valence-corrected chi connectivity index (χ4v) is 4.81. The van der Waals surface area contributed by atoms with E-state index in [1.54, 1.807) is 12.1 Å². The Kier molecular flexibility index (Phi) is 5.86. The molecule has 2 heterocycles. The Bertz CT molecular complexity index is 1430. The van der Waals surface area contributed by atoms with Gasteiger partial charge in [0.15, 0.2) is 0 Å². The van der Waals surface area contributed by atoms with E-state index in [4.69, 9.17) is 13.7 Å². The Morgan fingerprint density at radius 1 is 1.09 bits per heavy atom. The summed E-state index contributed by atoms with van der Waals surface area (Å²) in [6.45, 7) is -0.542. The Hall–Kier alpha value is -3.25. The van der Waals surface area contributed by atoms with Crippen molar-refractivity contribution >= 4 is 20.9 Å². The summed E-state index contributed by atoms with van der Waals surface area (Å²) in [6, 6.07) is 15.1. The standard InChI is InChI=1S/C23H19F2N3O5S/c24-18-6-8-21(22(25)10-18)23(13-28-15-26-14-27-28)31-11-19(33-23)12-32-34(29,30)20-7-5-16-3-1-2-4-17(16)9-20/h1-10,14-15,19H,11-13H2. The van der Waals surface area contributed by atoms with Crippen molar-refractivity contribution in [3.05, 3.63) is 90.5 Å². The average molecular weight is 487 g/mol. The van der Waals surface area contributed by atoms with Gasteiger partial charge in [-0.3, -0.25) is 4.18 Å². The quantitative estimate of drug-likeness (QED) is 0.369. The summed E-state index contributed by atoms with van der Waals surface area (Å²) in [5.41, 5.74) is -0.0516. The van der Waals surface area contributed by atoms with Crippen LogP contribution < -0.4 is 0 Å². The number of ether oxygens (including phenoxy) is 2. The molecular weight excluding hydrogens is 468 g/mol. The molecule has 0 amide bonds. The van der Waals surface area contributed by atoms with Crippen LogP contribution in [0.2, 0.25) is 0 Å². The monoisotopic (exact) mass is 487 g/mol. The molecule has 0 N–H and O–H groups in total. The second-order valence-corrected chi connectivity index (χ2v) is 9.38. The SMILES string of the molecule is O=S(=O)(OCC1COC(Cn2cncn2)(c2ccc(F)cc2F)O1)c1ccc2ccccc2c1. The first kappa shape index (κ1) is 22.5. The molecule has 0 saturated carbocycles. The second kappa shape index (κ2) is 8.84. The van der Waals surface area contributed by atoms with E-state index in [0.717, 1.165) is 22.9 Å². The molecule has 8 nitrogen and oxygen atoms in total. The van der Waals surface area contributed by atoms with Gasteiger partial charge in [-0.2, -0.15) is 13.5 Å². The van der Waals surface area contributed by atoms with Crippen molar-refractivity contribution in [2.75, 3.05) is 13.2 Å². The molecule has 1 saturated heterocycles. The van der Waals surface area contributed by atoms with Crippen molar-refractivity contribution in [3.8, 4) is 0 Å². The van der Waals surface area contributed by atoms with Crippen molar-refractivity contribution in [1.82, 2.24) is 14.8 Å². The maximum Gasteiger partial charge on any atom is 0.297 e. The Morgan fingerprint density at radius 2 is 1.91 bits per heavy atom. The molecule has 4 aromatic rings. The Morgan fingerprint density at radius 3 is 2.68 bits per heavy atom. The molecule has 0 aliphatic carbocycles. The molecule has 11 heteroatoms. The van der Waals surface area contributed by atoms with Crippen LogP contribution in [0.4, 0.5) is 8.78 Å². The number of hydrogen-bond acceptors (Lipinski definition) is 7. The summed E-state index contributed by atoms with van der Waals surface area (Å²) in [5, 5.41) is 5.65. The molecule has 5 rings (SSSR count). The molecule has 2 atom stereocenters. The van der Waals surface area contributed by atoms with Gasteiger partial charge < -0.3 is 9.47 Å². The van der Waals surface area contributed by atoms with Gasteiger partial charge >= 0.3 is 0 Å². The van der Waals surface area contributed by atoms with Crippen LogP contribution in [0.1, 0.15) is 5.56 Å². The van der Waals surface area contributed by atoms with Crippen LogP contribution in [0, 0.1) is 11.6 Å². The maximum absolute atomic E-state index is 14.7. The highest BCUT2D eigenvalue weighted by molar-refractivity contribution is 7.86. The predicted molar refractivity (Wildman–Crippen MR) is 116 cm³/mol. The Balaban J connectivity index is 1.35. The molecule has 1 fully saturated rings. The van der Waals surface area contributed by atoms with Gasteiger partial charge in [-0.1, -0.05) is 30.3 Å². The third kappa shape index (κ3) is 4.42. The molecule has 1 aliphatic heterocycles. The predicted octanol–water partition coefficient (Wildman–Crippen LogP) is 3.38. The average Bonchev–Trinajstić information content (AvgIpc) is 3.48. The lowest BCUT2D eigenvalue weighted by molar-refractivity contribution is -0.192. The molecule has 0 radical (unpaired) electrons. The lowest BCUT2D eigenvalue weighted by Crippen LogP contribution is -2.35. The molecule has 0 bridgehead atoms. The zero-order chi connectivity index (χ0) is 23.8. The van der Waals surface area contributed by atoms with Crippen LogP contribution >= 0.6 is 0 Å². The normalized spacial score (nSPS) is 20.7. The first-order valence-corrected chi connectivity index (χ1v) is 11.7. The number of hydrogen-bond donors (Lipinski definition) is 0. The van der Waals surface area contributed by atoms with Crippen LogP contribution in [0.5, 0.6) is 0 Å². The van der Waals surface area contributed by atoms with Gasteiger partial charge in [-0.25, -0.2) is 18.4 Å². The third-order valence-electron chi connectivity index (χ3n) is 5.46. The van der Waals surface area contributed by atoms with Crippen molar-refractivity contribution in [2.24, 2.45) is 0 Å². The third-order valence-corrected chi connectivity index (χ3v) is 6.73. The van der Waals surface area contributed by atoms with Crippen molar-refractivity contribution in [1.29, 1.82) is 0 Å². The lowest BCUT2D eigenvalue weighted by atomic mass is 10.0. The molecule has 0 spiro atoms. The second-order valence-electron chi connectivity index (χ2n) is 7.77. The van der Waals surface area contributed by atoms with Crippen molar-refractivity contribution in [3.63, 3.8) is 0 Å². The fraction of sp³-hybridized carbons (Fsp3) is 0.217. The van der Waals surface area contributed by atoms with E-state index in [1.165, 1.54) is 35.5 Å². The summed E-state index contributed by atoms with van der Waals surface area (Å²) in [6.07, 6.45) is 1.84. The summed E-state index contributed by atoms with van der Waals surface area (Å²) in [4.78, 5) is 3.85. The first-order chi connectivity index (χ1) is 16.3. The lowest BCUT2D eigenvalue weighted by Gasteiger charge is -2.28. The zero-order valence-electron chi connectivity index (χ0n) is 17.7. The Labute approximate surface area is 193 Å². The molecular formula is C23H19F2N3O5S. The van der Waals surface area contributed by atoms with Gasteiger partial charge in [-0.15, -0.1) is 0 Å². The van der Waals surface area contributed by atoms with Crippen molar-refractivity contribution in [2.45, 2.75) is 23.3 Å². The van der Waals surface area contributed by atoms with E-state index in [2.05, 4.69) is 10.1 Å². The van der Waals surface area contributed by atoms with E-state index in [0.29, 0.717) is 0 Å². The summed E-state index contributed by atoms with van der Waals surface area (Å²) in [5.74, 6) is -3.30. The number of benzene rings is 3.